The molecule has 0 aliphatic heterocycles. The first-order valence-electron chi connectivity index (χ1n) is 14.2. The molecule has 0 aromatic carbocycles. The van der Waals surface area contributed by atoms with E-state index >= 15 is 0 Å². The number of aliphatic hydroxyl groups is 4. The van der Waals surface area contributed by atoms with Gasteiger partial charge in [0.1, 0.15) is 0 Å². The fraction of sp³-hybridized carbons (Fsp3) is 0.900. The molecule has 5 aliphatic carbocycles. The van der Waals surface area contributed by atoms with Gasteiger partial charge in [-0.1, -0.05) is 46.3 Å². The summed E-state index contributed by atoms with van der Waals surface area (Å²) in [6.45, 7) is 12.6. The minimum atomic E-state index is -1.09. The highest BCUT2D eigenvalue weighted by molar-refractivity contribution is 5.77. The molecule has 5 aliphatic rings. The number of aliphatic carboxylic acids is 1. The maximum absolute atomic E-state index is 12.8. The van der Waals surface area contributed by atoms with Crippen LogP contribution in [0.2, 0.25) is 0 Å². The molecule has 3 unspecified atom stereocenters. The Labute approximate surface area is 216 Å². The first-order valence-corrected chi connectivity index (χ1v) is 14.2. The first-order chi connectivity index (χ1) is 16.6. The first kappa shape index (κ1) is 26.6. The number of carboxylic acid groups (broad SMARTS) is 1. The van der Waals surface area contributed by atoms with Gasteiger partial charge in [0.15, 0.2) is 0 Å². The molecule has 0 spiro atoms. The average molecular weight is 505 g/mol. The highest BCUT2D eigenvalue weighted by atomic mass is 16.4. The van der Waals surface area contributed by atoms with E-state index < -0.39 is 40.5 Å². The summed E-state index contributed by atoms with van der Waals surface area (Å²) < 4.78 is 0. The number of hydrogen-bond donors (Lipinski definition) is 5. The molecule has 6 heteroatoms. The van der Waals surface area contributed by atoms with E-state index in [1.54, 1.807) is 0 Å². The summed E-state index contributed by atoms with van der Waals surface area (Å²) in [5, 5.41) is 54.8. The summed E-state index contributed by atoms with van der Waals surface area (Å²) in [4.78, 5) is 12.8. The lowest BCUT2D eigenvalue weighted by molar-refractivity contribution is -0.247. The number of hydrogen-bond acceptors (Lipinski definition) is 5. The molecule has 0 saturated heterocycles. The van der Waals surface area contributed by atoms with Crippen molar-refractivity contribution in [3.8, 4) is 0 Å². The quantitative estimate of drug-likeness (QED) is 0.361. The van der Waals surface area contributed by atoms with Gasteiger partial charge in [0, 0.05) is 11.3 Å². The third-order valence-corrected chi connectivity index (χ3v) is 13.6. The van der Waals surface area contributed by atoms with Crippen LogP contribution in [-0.2, 0) is 4.79 Å². The highest BCUT2D eigenvalue weighted by Crippen LogP contribution is 2.76. The lowest BCUT2D eigenvalue weighted by Crippen LogP contribution is -2.69. The highest BCUT2D eigenvalue weighted by Gasteiger charge is 2.72. The SMILES string of the molecule is C[C@@H]1CC[C@]2(C(=O)O)CC[C@]3(C)C(=CCC4[C@@]5(C)C[C@@H](O)[C@@H](O)[C@@](C)(CO)C5CC[C@]43C)C2[C@]1(C)O. The number of rotatable bonds is 2. The van der Waals surface area contributed by atoms with Crippen LogP contribution in [0.25, 0.3) is 0 Å². The Kier molecular flexibility index (Phi) is 5.77. The molecule has 0 bridgehead atoms. The van der Waals surface area contributed by atoms with Crippen LogP contribution < -0.4 is 0 Å². The molecular weight excluding hydrogens is 456 g/mol. The molecule has 0 heterocycles. The number of carbonyl (C=O) groups is 1. The smallest absolute Gasteiger partial charge is 0.310 e. The van der Waals surface area contributed by atoms with Gasteiger partial charge in [0.2, 0.25) is 0 Å². The van der Waals surface area contributed by atoms with E-state index in [-0.39, 0.29) is 40.6 Å². The number of fused-ring (bicyclic) bond motifs is 7. The van der Waals surface area contributed by atoms with Gasteiger partial charge in [0.05, 0.1) is 29.8 Å². The standard InChI is InChI=1S/C30H48O6/c1-17-9-12-30(24(34)35)14-13-27(4)18(22(30)29(17,6)36)7-8-21-25(2)15-19(32)23(33)26(3,16-31)20(25)10-11-28(21,27)5/h7,17,19-23,31-33,36H,8-16H2,1-6H3,(H,34,35)/t17-,19-,20?,21?,22?,23-,25+,26+,27-,28-,29-,30+/m1/s1. The van der Waals surface area contributed by atoms with Crippen LogP contribution in [0.3, 0.4) is 0 Å². The Balaban J connectivity index is 1.65. The fourth-order valence-corrected chi connectivity index (χ4v) is 11.0. The lowest BCUT2D eigenvalue weighted by atomic mass is 9.33. The van der Waals surface area contributed by atoms with Crippen molar-refractivity contribution in [1.29, 1.82) is 0 Å². The van der Waals surface area contributed by atoms with Crippen LogP contribution in [0.4, 0.5) is 0 Å². The van der Waals surface area contributed by atoms with Gasteiger partial charge in [-0.25, -0.2) is 0 Å². The second-order valence-electron chi connectivity index (χ2n) is 14.7. The predicted octanol–water partition coefficient (Wildman–Crippen LogP) is 4.15. The molecule has 0 aromatic heterocycles. The predicted molar refractivity (Wildman–Crippen MR) is 137 cm³/mol. The van der Waals surface area contributed by atoms with E-state index in [0.717, 1.165) is 37.7 Å². The zero-order valence-electron chi connectivity index (χ0n) is 23.0. The molecular formula is C30H48O6. The van der Waals surface area contributed by atoms with Crippen LogP contribution in [0.5, 0.6) is 0 Å². The summed E-state index contributed by atoms with van der Waals surface area (Å²) in [5.41, 5.74) is -2.28. The van der Waals surface area contributed by atoms with Crippen molar-refractivity contribution in [3.63, 3.8) is 0 Å². The topological polar surface area (TPSA) is 118 Å². The Bertz CT molecular complexity index is 974. The van der Waals surface area contributed by atoms with Gasteiger partial charge in [-0.3, -0.25) is 4.79 Å². The van der Waals surface area contributed by atoms with Gasteiger partial charge < -0.3 is 25.5 Å². The van der Waals surface area contributed by atoms with Crippen molar-refractivity contribution in [1.82, 2.24) is 0 Å². The molecule has 204 valence electrons. The van der Waals surface area contributed by atoms with Gasteiger partial charge in [-0.05, 0) is 92.3 Å². The van der Waals surface area contributed by atoms with Crippen molar-refractivity contribution < 1.29 is 30.3 Å². The molecule has 0 radical (unpaired) electrons. The number of aliphatic hydroxyl groups excluding tert-OH is 3. The van der Waals surface area contributed by atoms with Crippen LogP contribution in [0, 0.1) is 50.7 Å². The third-order valence-electron chi connectivity index (χ3n) is 13.6. The minimum Gasteiger partial charge on any atom is -0.481 e. The molecule has 12 atom stereocenters. The van der Waals surface area contributed by atoms with Crippen LogP contribution in [0.15, 0.2) is 11.6 Å². The van der Waals surface area contributed by atoms with Crippen LogP contribution >= 0.6 is 0 Å². The van der Waals surface area contributed by atoms with Crippen LogP contribution in [0.1, 0.15) is 92.9 Å². The average Bonchev–Trinajstić information content (AvgIpc) is 2.80. The van der Waals surface area contributed by atoms with Gasteiger partial charge in [-0.15, -0.1) is 0 Å². The lowest BCUT2D eigenvalue weighted by Gasteiger charge is -2.72. The fourth-order valence-electron chi connectivity index (χ4n) is 11.0. The Morgan fingerprint density at radius 3 is 2.28 bits per heavy atom. The summed E-state index contributed by atoms with van der Waals surface area (Å²) in [6, 6.07) is 0. The molecule has 4 saturated carbocycles. The molecule has 36 heavy (non-hydrogen) atoms. The monoisotopic (exact) mass is 504 g/mol. The van der Waals surface area contributed by atoms with Crippen molar-refractivity contribution in [2.75, 3.05) is 6.61 Å². The number of allylic oxidation sites excluding steroid dienone is 1. The van der Waals surface area contributed by atoms with E-state index in [4.69, 9.17) is 0 Å². The van der Waals surface area contributed by atoms with Crippen molar-refractivity contribution in [2.24, 2.45) is 50.7 Å². The molecule has 4 fully saturated rings. The van der Waals surface area contributed by atoms with Gasteiger partial charge in [-0.2, -0.15) is 0 Å². The molecule has 5 rings (SSSR count). The summed E-state index contributed by atoms with van der Waals surface area (Å²) in [6.07, 6.45) is 6.20. The summed E-state index contributed by atoms with van der Waals surface area (Å²) in [7, 11) is 0. The van der Waals surface area contributed by atoms with E-state index in [2.05, 4.69) is 33.8 Å². The van der Waals surface area contributed by atoms with E-state index in [0.29, 0.717) is 19.3 Å². The zero-order chi connectivity index (χ0) is 26.7. The van der Waals surface area contributed by atoms with E-state index in [1.807, 2.05) is 13.8 Å². The molecule has 6 nitrogen and oxygen atoms in total. The zero-order valence-corrected chi connectivity index (χ0v) is 23.0. The second-order valence-corrected chi connectivity index (χ2v) is 14.7. The van der Waals surface area contributed by atoms with E-state index in [1.165, 1.54) is 0 Å². The molecule has 0 amide bonds. The molecule has 0 aromatic rings. The van der Waals surface area contributed by atoms with Crippen molar-refractivity contribution in [3.05, 3.63) is 11.6 Å². The van der Waals surface area contributed by atoms with E-state index in [9.17, 15) is 30.3 Å². The van der Waals surface area contributed by atoms with Crippen molar-refractivity contribution in [2.45, 2.75) is 111 Å². The minimum absolute atomic E-state index is 0.0252. The van der Waals surface area contributed by atoms with Crippen molar-refractivity contribution >= 4 is 5.97 Å². The Morgan fingerprint density at radius 1 is 1.00 bits per heavy atom. The third kappa shape index (κ3) is 2.91. The molecule has 5 N–H and O–H groups in total. The Hall–Kier alpha value is -0.950. The summed E-state index contributed by atoms with van der Waals surface area (Å²) >= 11 is 0. The number of carboxylic acids is 1. The van der Waals surface area contributed by atoms with Gasteiger partial charge >= 0.3 is 5.97 Å². The maximum atomic E-state index is 12.8. The largest absolute Gasteiger partial charge is 0.481 e. The normalized spacial score (nSPS) is 58.6. The van der Waals surface area contributed by atoms with Gasteiger partial charge in [0.25, 0.3) is 0 Å². The summed E-state index contributed by atoms with van der Waals surface area (Å²) in [5.74, 6) is -0.834. The Morgan fingerprint density at radius 2 is 1.67 bits per heavy atom. The van der Waals surface area contributed by atoms with Crippen LogP contribution in [-0.4, -0.2) is 55.9 Å². The second kappa shape index (κ2) is 7.80. The maximum Gasteiger partial charge on any atom is 0.310 e.